The number of morpholine rings is 1. The summed E-state index contributed by atoms with van der Waals surface area (Å²) in [7, 11) is 0. The van der Waals surface area contributed by atoms with Crippen LogP contribution in [0.15, 0.2) is 12.3 Å². The van der Waals surface area contributed by atoms with E-state index in [1.165, 1.54) is 0 Å². The summed E-state index contributed by atoms with van der Waals surface area (Å²) in [5.41, 5.74) is -0.104. The number of carbonyl (C=O) groups is 2. The summed E-state index contributed by atoms with van der Waals surface area (Å²) in [6, 6.07) is 1.80. The number of hydrogen-bond donors (Lipinski definition) is 0. The molecule has 2 aliphatic rings. The van der Waals surface area contributed by atoms with E-state index in [1.807, 2.05) is 20.8 Å². The van der Waals surface area contributed by atoms with Crippen molar-refractivity contribution >= 4 is 11.8 Å². The lowest BCUT2D eigenvalue weighted by atomic mass is 10.0. The molecule has 2 fully saturated rings. The van der Waals surface area contributed by atoms with E-state index in [4.69, 9.17) is 9.47 Å². The second kappa shape index (κ2) is 7.13. The predicted molar refractivity (Wildman–Crippen MR) is 90.2 cm³/mol. The molecule has 3 heterocycles. The van der Waals surface area contributed by atoms with Crippen LogP contribution in [-0.4, -0.2) is 82.5 Å². The molecular formula is C17H26N4O4. The van der Waals surface area contributed by atoms with E-state index in [2.05, 4.69) is 5.10 Å². The minimum absolute atomic E-state index is 0.0389. The zero-order valence-corrected chi connectivity index (χ0v) is 15.1. The van der Waals surface area contributed by atoms with Gasteiger partial charge in [0, 0.05) is 25.3 Å². The van der Waals surface area contributed by atoms with Gasteiger partial charge in [0.2, 0.25) is 5.91 Å². The van der Waals surface area contributed by atoms with Gasteiger partial charge in [0.05, 0.1) is 26.3 Å². The van der Waals surface area contributed by atoms with Crippen LogP contribution in [0.2, 0.25) is 0 Å². The molecular weight excluding hydrogens is 324 g/mol. The van der Waals surface area contributed by atoms with Crippen molar-refractivity contribution in [3.05, 3.63) is 18.0 Å². The Hall–Kier alpha value is -1.93. The van der Waals surface area contributed by atoms with Crippen LogP contribution in [0, 0.1) is 0 Å². The van der Waals surface area contributed by atoms with Crippen molar-refractivity contribution < 1.29 is 19.1 Å². The Morgan fingerprint density at radius 1 is 1.40 bits per heavy atom. The number of amides is 2. The number of hydrogen-bond acceptors (Lipinski definition) is 5. The summed E-state index contributed by atoms with van der Waals surface area (Å²) in [6.45, 7) is 8.68. The van der Waals surface area contributed by atoms with E-state index in [1.54, 1.807) is 26.7 Å². The van der Waals surface area contributed by atoms with Gasteiger partial charge in [-0.25, -0.2) is 0 Å². The number of nitrogens with zero attached hydrogens (tertiary/aromatic N) is 4. The molecule has 0 aliphatic carbocycles. The van der Waals surface area contributed by atoms with Crippen molar-refractivity contribution in [1.82, 2.24) is 19.6 Å². The number of aromatic nitrogens is 2. The van der Waals surface area contributed by atoms with Crippen LogP contribution in [0.4, 0.5) is 0 Å². The standard InChI is InChI=1S/C17H26N4O4/c1-4-21-14(5-6-18-21)16(23)19-7-8-25-17(10-19)11-20(13(2)3)15(22)9-24-12-17/h5-6,13H,4,7-12H2,1-3H3. The molecule has 8 nitrogen and oxygen atoms in total. The van der Waals surface area contributed by atoms with E-state index >= 15 is 0 Å². The molecule has 2 amide bonds. The normalized spacial score (nSPS) is 24.9. The van der Waals surface area contributed by atoms with Crippen LogP contribution in [0.3, 0.4) is 0 Å². The molecule has 2 saturated heterocycles. The van der Waals surface area contributed by atoms with Crippen molar-refractivity contribution in [1.29, 1.82) is 0 Å². The third kappa shape index (κ3) is 3.55. The molecule has 25 heavy (non-hydrogen) atoms. The molecule has 0 bridgehead atoms. The number of ether oxygens (including phenoxy) is 2. The maximum Gasteiger partial charge on any atom is 0.272 e. The van der Waals surface area contributed by atoms with Crippen molar-refractivity contribution in [3.8, 4) is 0 Å². The van der Waals surface area contributed by atoms with Gasteiger partial charge in [0.1, 0.15) is 17.9 Å². The lowest BCUT2D eigenvalue weighted by molar-refractivity contribution is -0.140. The maximum atomic E-state index is 12.9. The van der Waals surface area contributed by atoms with Crippen LogP contribution < -0.4 is 0 Å². The molecule has 1 atom stereocenters. The minimum Gasteiger partial charge on any atom is -0.368 e. The predicted octanol–water partition coefficient (Wildman–Crippen LogP) is 0.381. The van der Waals surface area contributed by atoms with Gasteiger partial charge in [-0.05, 0) is 26.8 Å². The highest BCUT2D eigenvalue weighted by Gasteiger charge is 2.44. The van der Waals surface area contributed by atoms with Crippen molar-refractivity contribution in [3.63, 3.8) is 0 Å². The summed E-state index contributed by atoms with van der Waals surface area (Å²) >= 11 is 0. The van der Waals surface area contributed by atoms with Crippen LogP contribution in [-0.2, 0) is 20.8 Å². The molecule has 0 radical (unpaired) electrons. The zero-order valence-electron chi connectivity index (χ0n) is 15.1. The van der Waals surface area contributed by atoms with E-state index in [0.717, 1.165) is 0 Å². The van der Waals surface area contributed by atoms with Gasteiger partial charge in [-0.2, -0.15) is 5.10 Å². The lowest BCUT2D eigenvalue weighted by Crippen LogP contribution is -2.60. The maximum absolute atomic E-state index is 12.9. The van der Waals surface area contributed by atoms with Gasteiger partial charge in [-0.1, -0.05) is 0 Å². The second-order valence-corrected chi connectivity index (χ2v) is 6.90. The third-order valence-electron chi connectivity index (χ3n) is 4.76. The average molecular weight is 350 g/mol. The smallest absolute Gasteiger partial charge is 0.272 e. The van der Waals surface area contributed by atoms with E-state index in [9.17, 15) is 9.59 Å². The summed E-state index contributed by atoms with van der Waals surface area (Å²) in [5, 5.41) is 4.18. The summed E-state index contributed by atoms with van der Waals surface area (Å²) in [6.07, 6.45) is 1.64. The fourth-order valence-corrected chi connectivity index (χ4v) is 3.45. The van der Waals surface area contributed by atoms with Gasteiger partial charge in [-0.3, -0.25) is 14.3 Å². The Kier molecular flexibility index (Phi) is 5.10. The molecule has 8 heteroatoms. The quantitative estimate of drug-likeness (QED) is 0.788. The minimum atomic E-state index is -0.679. The highest BCUT2D eigenvalue weighted by molar-refractivity contribution is 5.92. The molecule has 0 N–H and O–H groups in total. The topological polar surface area (TPSA) is 76.9 Å². The Balaban J connectivity index is 1.80. The Morgan fingerprint density at radius 2 is 2.20 bits per heavy atom. The number of carbonyl (C=O) groups excluding carboxylic acids is 2. The molecule has 1 aromatic heterocycles. The van der Waals surface area contributed by atoms with Gasteiger partial charge in [-0.15, -0.1) is 0 Å². The molecule has 138 valence electrons. The van der Waals surface area contributed by atoms with Crippen LogP contribution >= 0.6 is 0 Å². The van der Waals surface area contributed by atoms with E-state index < -0.39 is 5.60 Å². The Bertz CT molecular complexity index is 644. The number of rotatable bonds is 3. The highest BCUT2D eigenvalue weighted by atomic mass is 16.5. The molecule has 0 saturated carbocycles. The number of aryl methyl sites for hydroxylation is 1. The first-order valence-corrected chi connectivity index (χ1v) is 8.78. The van der Waals surface area contributed by atoms with E-state index in [-0.39, 0.29) is 24.5 Å². The molecule has 3 rings (SSSR count). The van der Waals surface area contributed by atoms with Gasteiger partial charge < -0.3 is 19.3 Å². The first kappa shape index (κ1) is 17.9. The first-order chi connectivity index (χ1) is 12.0. The summed E-state index contributed by atoms with van der Waals surface area (Å²) in [4.78, 5) is 28.7. The van der Waals surface area contributed by atoms with Crippen molar-refractivity contribution in [2.75, 3.05) is 39.5 Å². The van der Waals surface area contributed by atoms with Crippen LogP contribution in [0.5, 0.6) is 0 Å². The lowest BCUT2D eigenvalue weighted by Gasteiger charge is -2.43. The SMILES string of the molecule is CCn1nccc1C(=O)N1CCOC2(COCC(=O)N(C(C)C)C2)C1. The Morgan fingerprint density at radius 3 is 2.92 bits per heavy atom. The second-order valence-electron chi connectivity index (χ2n) is 6.90. The largest absolute Gasteiger partial charge is 0.368 e. The van der Waals surface area contributed by atoms with Gasteiger partial charge in [0.25, 0.3) is 5.91 Å². The summed E-state index contributed by atoms with van der Waals surface area (Å²) < 4.78 is 13.3. The van der Waals surface area contributed by atoms with Crippen LogP contribution in [0.1, 0.15) is 31.3 Å². The highest BCUT2D eigenvalue weighted by Crippen LogP contribution is 2.25. The Labute approximate surface area is 147 Å². The zero-order chi connectivity index (χ0) is 18.0. The van der Waals surface area contributed by atoms with E-state index in [0.29, 0.717) is 45.1 Å². The van der Waals surface area contributed by atoms with Gasteiger partial charge >= 0.3 is 0 Å². The van der Waals surface area contributed by atoms with Crippen LogP contribution in [0.25, 0.3) is 0 Å². The molecule has 1 unspecified atom stereocenters. The third-order valence-corrected chi connectivity index (χ3v) is 4.76. The fourth-order valence-electron chi connectivity index (χ4n) is 3.45. The molecule has 0 aromatic carbocycles. The first-order valence-electron chi connectivity index (χ1n) is 8.78. The summed E-state index contributed by atoms with van der Waals surface area (Å²) in [5.74, 6) is -0.100. The molecule has 2 aliphatic heterocycles. The van der Waals surface area contributed by atoms with Crippen molar-refractivity contribution in [2.45, 2.75) is 39.0 Å². The van der Waals surface area contributed by atoms with Gasteiger partial charge in [0.15, 0.2) is 0 Å². The van der Waals surface area contributed by atoms with Crippen molar-refractivity contribution in [2.24, 2.45) is 0 Å². The molecule has 1 spiro atoms. The molecule has 1 aromatic rings. The monoisotopic (exact) mass is 350 g/mol. The average Bonchev–Trinajstić information content (AvgIpc) is 3.01. The fraction of sp³-hybridized carbons (Fsp3) is 0.706.